The molecule has 0 spiro atoms. The van der Waals surface area contributed by atoms with Crippen LogP contribution in [-0.2, 0) is 25.3 Å². The van der Waals surface area contributed by atoms with E-state index >= 15 is 0 Å². The van der Waals surface area contributed by atoms with Crippen LogP contribution in [0.4, 0.5) is 0 Å². The first-order chi connectivity index (χ1) is 11.2. The van der Waals surface area contributed by atoms with Gasteiger partial charge in [0.05, 0.1) is 24.3 Å². The Morgan fingerprint density at radius 2 is 1.88 bits per heavy atom. The van der Waals surface area contributed by atoms with Crippen LogP contribution in [0, 0.1) is 5.92 Å². The normalized spacial score (nSPS) is 22.1. The largest absolute Gasteiger partial charge is 0.481 e. The number of hydrogen-bond donors (Lipinski definition) is 1. The molecule has 24 heavy (non-hydrogen) atoms. The van der Waals surface area contributed by atoms with Crippen LogP contribution in [-0.4, -0.2) is 49.5 Å². The molecule has 0 aliphatic carbocycles. The number of carboxylic acids is 1. The van der Waals surface area contributed by atoms with Gasteiger partial charge >= 0.3 is 11.9 Å². The second-order valence-electron chi connectivity index (χ2n) is 5.98. The van der Waals surface area contributed by atoms with Crippen molar-refractivity contribution in [3.05, 3.63) is 35.4 Å². The molecule has 0 bridgehead atoms. The SMILES string of the molecule is COC(=O)c1ccc(CS(=O)(=O)N2CC(C(=O)O)CCC2C)cc1. The molecule has 1 aromatic rings. The van der Waals surface area contributed by atoms with Crippen LogP contribution in [0.2, 0.25) is 0 Å². The first-order valence-electron chi connectivity index (χ1n) is 7.64. The van der Waals surface area contributed by atoms with Gasteiger partial charge in [-0.3, -0.25) is 4.79 Å². The Hall–Kier alpha value is -1.93. The summed E-state index contributed by atoms with van der Waals surface area (Å²) in [5, 5.41) is 9.14. The highest BCUT2D eigenvalue weighted by molar-refractivity contribution is 7.88. The first-order valence-corrected chi connectivity index (χ1v) is 9.25. The number of nitrogens with zero attached hydrogens (tertiary/aromatic N) is 1. The predicted molar refractivity (Wildman–Crippen MR) is 86.9 cm³/mol. The molecule has 2 atom stereocenters. The zero-order valence-corrected chi connectivity index (χ0v) is 14.5. The van der Waals surface area contributed by atoms with E-state index in [1.807, 2.05) is 0 Å². The van der Waals surface area contributed by atoms with Crippen molar-refractivity contribution in [2.24, 2.45) is 5.92 Å². The number of benzene rings is 1. The number of carboxylic acid groups (broad SMARTS) is 1. The lowest BCUT2D eigenvalue weighted by molar-refractivity contribution is -0.143. The molecule has 1 aliphatic rings. The average Bonchev–Trinajstić information content (AvgIpc) is 2.54. The Morgan fingerprint density at radius 1 is 1.25 bits per heavy atom. The van der Waals surface area contributed by atoms with Gasteiger partial charge in [0, 0.05) is 12.6 Å². The van der Waals surface area contributed by atoms with Crippen molar-refractivity contribution >= 4 is 22.0 Å². The standard InChI is InChI=1S/C16H21NO6S/c1-11-3-6-14(15(18)19)9-17(11)24(21,22)10-12-4-7-13(8-5-12)16(20)23-2/h4-5,7-8,11,14H,3,6,9-10H2,1-2H3,(H,18,19). The lowest BCUT2D eigenvalue weighted by atomic mass is 9.96. The van der Waals surface area contributed by atoms with Gasteiger partial charge in [-0.1, -0.05) is 12.1 Å². The van der Waals surface area contributed by atoms with Gasteiger partial charge in [-0.05, 0) is 37.5 Å². The van der Waals surface area contributed by atoms with Gasteiger partial charge in [-0.2, -0.15) is 4.31 Å². The van der Waals surface area contributed by atoms with Gasteiger partial charge < -0.3 is 9.84 Å². The van der Waals surface area contributed by atoms with Crippen molar-refractivity contribution in [3.63, 3.8) is 0 Å². The van der Waals surface area contributed by atoms with E-state index in [1.165, 1.54) is 23.5 Å². The molecule has 1 fully saturated rings. The number of aliphatic carboxylic acids is 1. The van der Waals surface area contributed by atoms with E-state index < -0.39 is 27.9 Å². The maximum Gasteiger partial charge on any atom is 0.337 e. The molecule has 1 saturated heterocycles. The zero-order chi connectivity index (χ0) is 17.9. The molecular formula is C16H21NO6S. The first kappa shape index (κ1) is 18.4. The molecule has 0 aromatic heterocycles. The van der Waals surface area contributed by atoms with Crippen LogP contribution < -0.4 is 0 Å². The van der Waals surface area contributed by atoms with Gasteiger partial charge in [0.25, 0.3) is 0 Å². The molecule has 0 saturated carbocycles. The van der Waals surface area contributed by atoms with Crippen molar-refractivity contribution in [2.75, 3.05) is 13.7 Å². The van der Waals surface area contributed by atoms with E-state index in [9.17, 15) is 18.0 Å². The molecular weight excluding hydrogens is 334 g/mol. The minimum Gasteiger partial charge on any atom is -0.481 e. The Labute approximate surface area is 141 Å². The molecule has 7 nitrogen and oxygen atoms in total. The molecule has 1 N–H and O–H groups in total. The summed E-state index contributed by atoms with van der Waals surface area (Å²) in [5.41, 5.74) is 0.878. The van der Waals surface area contributed by atoms with E-state index in [0.29, 0.717) is 24.0 Å². The van der Waals surface area contributed by atoms with Crippen LogP contribution in [0.3, 0.4) is 0 Å². The summed E-state index contributed by atoms with van der Waals surface area (Å²) in [5.74, 6) is -2.36. The molecule has 2 rings (SSSR count). The van der Waals surface area contributed by atoms with Crippen LogP contribution in [0.5, 0.6) is 0 Å². The second-order valence-corrected chi connectivity index (χ2v) is 7.90. The molecule has 2 unspecified atom stereocenters. The molecule has 1 aromatic carbocycles. The fourth-order valence-electron chi connectivity index (χ4n) is 2.81. The van der Waals surface area contributed by atoms with Gasteiger partial charge in [-0.25, -0.2) is 13.2 Å². The summed E-state index contributed by atoms with van der Waals surface area (Å²) in [4.78, 5) is 22.6. The minimum absolute atomic E-state index is 0.000915. The number of rotatable bonds is 5. The highest BCUT2D eigenvalue weighted by atomic mass is 32.2. The topological polar surface area (TPSA) is 101 Å². The Kier molecular flexibility index (Phi) is 5.61. The lowest BCUT2D eigenvalue weighted by Gasteiger charge is -2.35. The van der Waals surface area contributed by atoms with Crippen molar-refractivity contribution in [3.8, 4) is 0 Å². The number of ether oxygens (including phenoxy) is 1. The van der Waals surface area contributed by atoms with Crippen molar-refractivity contribution in [2.45, 2.75) is 31.6 Å². The molecule has 0 amide bonds. The summed E-state index contributed by atoms with van der Waals surface area (Å²) in [7, 11) is -2.36. The maximum absolute atomic E-state index is 12.6. The number of methoxy groups -OCH3 is 1. The third-order valence-corrected chi connectivity index (χ3v) is 6.18. The third-order valence-electron chi connectivity index (χ3n) is 4.26. The summed E-state index contributed by atoms with van der Waals surface area (Å²) in [6.45, 7) is 1.79. The van der Waals surface area contributed by atoms with Crippen molar-refractivity contribution < 1.29 is 27.9 Å². The molecule has 0 radical (unpaired) electrons. The number of piperidine rings is 1. The second kappa shape index (κ2) is 7.31. The Bertz CT molecular complexity index is 713. The molecule has 8 heteroatoms. The van der Waals surface area contributed by atoms with E-state index in [-0.39, 0.29) is 18.3 Å². The molecule has 132 valence electrons. The number of carbonyl (C=O) groups is 2. The number of hydrogen-bond acceptors (Lipinski definition) is 5. The van der Waals surface area contributed by atoms with E-state index in [2.05, 4.69) is 4.74 Å². The number of carbonyl (C=O) groups excluding carboxylic acids is 1. The smallest absolute Gasteiger partial charge is 0.337 e. The van der Waals surface area contributed by atoms with Crippen LogP contribution in [0.1, 0.15) is 35.7 Å². The van der Waals surface area contributed by atoms with Crippen LogP contribution >= 0.6 is 0 Å². The lowest BCUT2D eigenvalue weighted by Crippen LogP contribution is -2.47. The third kappa shape index (κ3) is 4.12. The molecule has 1 aliphatic heterocycles. The van der Waals surface area contributed by atoms with Gasteiger partial charge in [0.1, 0.15) is 0 Å². The molecule has 1 heterocycles. The Balaban J connectivity index is 2.15. The van der Waals surface area contributed by atoms with Gasteiger partial charge in [0.15, 0.2) is 0 Å². The van der Waals surface area contributed by atoms with E-state index in [4.69, 9.17) is 5.11 Å². The van der Waals surface area contributed by atoms with E-state index in [1.54, 1.807) is 19.1 Å². The summed E-state index contributed by atoms with van der Waals surface area (Å²) in [6.07, 6.45) is 1.01. The van der Waals surface area contributed by atoms with Gasteiger partial charge in [-0.15, -0.1) is 0 Å². The van der Waals surface area contributed by atoms with E-state index in [0.717, 1.165) is 0 Å². The van der Waals surface area contributed by atoms with Crippen molar-refractivity contribution in [1.29, 1.82) is 0 Å². The summed E-state index contributed by atoms with van der Waals surface area (Å²) in [6, 6.07) is 5.92. The monoisotopic (exact) mass is 355 g/mol. The average molecular weight is 355 g/mol. The quantitative estimate of drug-likeness (QED) is 0.803. The van der Waals surface area contributed by atoms with Crippen LogP contribution in [0.25, 0.3) is 0 Å². The van der Waals surface area contributed by atoms with Gasteiger partial charge in [0.2, 0.25) is 10.0 Å². The summed E-state index contributed by atoms with van der Waals surface area (Å²) >= 11 is 0. The highest BCUT2D eigenvalue weighted by Gasteiger charge is 2.36. The Morgan fingerprint density at radius 3 is 2.42 bits per heavy atom. The predicted octanol–water partition coefficient (Wildman–Crippen LogP) is 1.49. The van der Waals surface area contributed by atoms with Crippen molar-refractivity contribution in [1.82, 2.24) is 4.31 Å². The fourth-order valence-corrected chi connectivity index (χ4v) is 4.65. The minimum atomic E-state index is -3.64. The summed E-state index contributed by atoms with van der Waals surface area (Å²) < 4.78 is 31.2. The van der Waals surface area contributed by atoms with Crippen LogP contribution in [0.15, 0.2) is 24.3 Å². The fraction of sp³-hybridized carbons (Fsp3) is 0.500. The number of esters is 1. The number of sulfonamides is 1. The maximum atomic E-state index is 12.6. The highest BCUT2D eigenvalue weighted by Crippen LogP contribution is 2.26. The zero-order valence-electron chi connectivity index (χ0n) is 13.6.